The number of carbonyl (C=O) groups excluding carboxylic acids is 1. The molecule has 3 nitrogen and oxygen atoms in total. The molecule has 20 heavy (non-hydrogen) atoms. The molecule has 1 N–H and O–H groups in total. The molecule has 2 saturated carbocycles. The highest BCUT2D eigenvalue weighted by Crippen LogP contribution is 2.57. The first-order chi connectivity index (χ1) is 9.07. The van der Waals surface area contributed by atoms with Crippen molar-refractivity contribution >= 4 is 5.97 Å². The third-order valence-corrected chi connectivity index (χ3v) is 5.96. The Kier molecular flexibility index (Phi) is 3.96. The number of rotatable bonds is 2. The van der Waals surface area contributed by atoms with Crippen LogP contribution in [-0.2, 0) is 9.53 Å². The van der Waals surface area contributed by atoms with Gasteiger partial charge in [-0.2, -0.15) is 0 Å². The Balaban J connectivity index is 2.26. The van der Waals surface area contributed by atoms with E-state index >= 15 is 0 Å². The summed E-state index contributed by atoms with van der Waals surface area (Å²) in [6.07, 6.45) is 6.46. The second kappa shape index (κ2) is 5.01. The number of carbonyl (C=O) groups is 1. The quantitative estimate of drug-likeness (QED) is 0.786. The molecule has 116 valence electrons. The summed E-state index contributed by atoms with van der Waals surface area (Å²) in [5.41, 5.74) is -0.747. The minimum Gasteiger partial charge on any atom is -0.459 e. The summed E-state index contributed by atoms with van der Waals surface area (Å²) in [7, 11) is 0. The Labute approximate surface area is 123 Å². The number of ether oxygens (including phenoxy) is 1. The molecule has 0 radical (unpaired) electrons. The van der Waals surface area contributed by atoms with Crippen LogP contribution in [0.3, 0.4) is 0 Å². The van der Waals surface area contributed by atoms with Crippen molar-refractivity contribution in [3.63, 3.8) is 0 Å². The fourth-order valence-electron chi connectivity index (χ4n) is 4.76. The van der Waals surface area contributed by atoms with E-state index in [1.807, 2.05) is 13.8 Å². The minimum absolute atomic E-state index is 0.179. The zero-order valence-electron chi connectivity index (χ0n) is 13.7. The molecule has 0 aliphatic heterocycles. The van der Waals surface area contributed by atoms with Crippen LogP contribution in [0, 0.1) is 17.3 Å². The second-order valence-corrected chi connectivity index (χ2v) is 8.09. The standard InChI is InChI=1S/C17H30O3/c1-12(18)20-17(5)9-6-8-16(4)10-7-13(11-14(16)17)15(2,3)19/h13-14,19H,6-11H2,1-5H3. The maximum Gasteiger partial charge on any atom is 0.303 e. The number of aliphatic hydroxyl groups is 1. The lowest BCUT2D eigenvalue weighted by molar-refractivity contribution is -0.187. The Bertz CT molecular complexity index is 384. The van der Waals surface area contributed by atoms with Gasteiger partial charge < -0.3 is 9.84 Å². The highest BCUT2D eigenvalue weighted by atomic mass is 16.6. The highest BCUT2D eigenvalue weighted by molar-refractivity contribution is 5.66. The van der Waals surface area contributed by atoms with Crippen molar-refractivity contribution in [3.8, 4) is 0 Å². The van der Waals surface area contributed by atoms with Gasteiger partial charge in [0.15, 0.2) is 0 Å². The van der Waals surface area contributed by atoms with Gasteiger partial charge in [0.2, 0.25) is 0 Å². The van der Waals surface area contributed by atoms with Crippen molar-refractivity contribution in [1.29, 1.82) is 0 Å². The second-order valence-electron chi connectivity index (χ2n) is 8.09. The first-order valence-electron chi connectivity index (χ1n) is 7.99. The maximum absolute atomic E-state index is 11.5. The van der Waals surface area contributed by atoms with Gasteiger partial charge in [-0.05, 0) is 70.6 Å². The lowest BCUT2D eigenvalue weighted by Gasteiger charge is -2.56. The van der Waals surface area contributed by atoms with Crippen molar-refractivity contribution in [3.05, 3.63) is 0 Å². The van der Waals surface area contributed by atoms with Gasteiger partial charge in [-0.25, -0.2) is 0 Å². The minimum atomic E-state index is -0.643. The molecule has 0 aromatic carbocycles. The summed E-state index contributed by atoms with van der Waals surface area (Å²) in [4.78, 5) is 11.5. The van der Waals surface area contributed by atoms with Crippen LogP contribution in [0.1, 0.15) is 73.1 Å². The van der Waals surface area contributed by atoms with Gasteiger partial charge >= 0.3 is 5.97 Å². The lowest BCUT2D eigenvalue weighted by Crippen LogP contribution is -2.55. The summed E-state index contributed by atoms with van der Waals surface area (Å²) in [6.45, 7) is 9.77. The van der Waals surface area contributed by atoms with E-state index in [0.717, 1.165) is 32.1 Å². The fraction of sp³-hybridized carbons (Fsp3) is 0.941. The molecule has 0 aromatic heterocycles. The van der Waals surface area contributed by atoms with E-state index < -0.39 is 5.60 Å². The van der Waals surface area contributed by atoms with Crippen molar-refractivity contribution in [1.82, 2.24) is 0 Å². The normalized spacial score (nSPS) is 41.9. The van der Waals surface area contributed by atoms with E-state index in [9.17, 15) is 9.90 Å². The van der Waals surface area contributed by atoms with Crippen LogP contribution < -0.4 is 0 Å². The molecule has 0 heterocycles. The van der Waals surface area contributed by atoms with E-state index in [4.69, 9.17) is 4.74 Å². The van der Waals surface area contributed by atoms with E-state index in [1.54, 1.807) is 0 Å². The third kappa shape index (κ3) is 2.88. The van der Waals surface area contributed by atoms with Crippen molar-refractivity contribution in [2.24, 2.45) is 17.3 Å². The highest BCUT2D eigenvalue weighted by Gasteiger charge is 2.54. The van der Waals surface area contributed by atoms with E-state index in [-0.39, 0.29) is 17.0 Å². The molecule has 0 bridgehead atoms. The molecular formula is C17H30O3. The Morgan fingerprint density at radius 1 is 1.25 bits per heavy atom. The largest absolute Gasteiger partial charge is 0.459 e. The summed E-state index contributed by atoms with van der Waals surface area (Å²) >= 11 is 0. The predicted molar refractivity (Wildman–Crippen MR) is 79.3 cm³/mol. The molecule has 0 aromatic rings. The SMILES string of the molecule is CC(=O)OC1(C)CCCC2(C)CCC(C(C)(C)O)CC21. The molecule has 2 fully saturated rings. The van der Waals surface area contributed by atoms with Gasteiger partial charge in [-0.3, -0.25) is 4.79 Å². The summed E-state index contributed by atoms with van der Waals surface area (Å²) in [6, 6.07) is 0. The first kappa shape index (κ1) is 15.8. The molecular weight excluding hydrogens is 252 g/mol. The molecule has 0 saturated heterocycles. The van der Waals surface area contributed by atoms with E-state index in [2.05, 4.69) is 13.8 Å². The molecule has 0 amide bonds. The first-order valence-corrected chi connectivity index (χ1v) is 7.99. The summed E-state index contributed by atoms with van der Waals surface area (Å²) < 4.78 is 5.75. The zero-order chi connectivity index (χ0) is 15.2. The van der Waals surface area contributed by atoms with Gasteiger partial charge in [0.1, 0.15) is 5.60 Å². The molecule has 3 heteroatoms. The average Bonchev–Trinajstić information content (AvgIpc) is 2.25. The van der Waals surface area contributed by atoms with Gasteiger partial charge in [0, 0.05) is 12.8 Å². The summed E-state index contributed by atoms with van der Waals surface area (Å²) in [5.74, 6) is 0.480. The van der Waals surface area contributed by atoms with Crippen LogP contribution in [0.5, 0.6) is 0 Å². The molecule has 2 aliphatic rings. The maximum atomic E-state index is 11.5. The van der Waals surface area contributed by atoms with Gasteiger partial charge in [0.25, 0.3) is 0 Å². The van der Waals surface area contributed by atoms with Crippen LogP contribution in [0.15, 0.2) is 0 Å². The summed E-state index contributed by atoms with van der Waals surface area (Å²) in [5, 5.41) is 10.4. The smallest absolute Gasteiger partial charge is 0.303 e. The van der Waals surface area contributed by atoms with Crippen LogP contribution in [0.2, 0.25) is 0 Å². The molecule has 2 aliphatic carbocycles. The molecule has 4 unspecified atom stereocenters. The monoisotopic (exact) mass is 282 g/mol. The van der Waals surface area contributed by atoms with Gasteiger partial charge in [-0.15, -0.1) is 0 Å². The van der Waals surface area contributed by atoms with Crippen LogP contribution >= 0.6 is 0 Å². The molecule has 0 spiro atoms. The van der Waals surface area contributed by atoms with Crippen LogP contribution in [0.25, 0.3) is 0 Å². The van der Waals surface area contributed by atoms with Crippen molar-refractivity contribution < 1.29 is 14.6 Å². The number of hydrogen-bond donors (Lipinski definition) is 1. The number of esters is 1. The molecule has 2 rings (SSSR count). The van der Waals surface area contributed by atoms with Crippen LogP contribution in [0.4, 0.5) is 0 Å². The number of hydrogen-bond acceptors (Lipinski definition) is 3. The third-order valence-electron chi connectivity index (χ3n) is 5.96. The predicted octanol–water partition coefficient (Wildman–Crippen LogP) is 3.69. The number of fused-ring (bicyclic) bond motifs is 1. The molecule has 4 atom stereocenters. The van der Waals surface area contributed by atoms with E-state index in [0.29, 0.717) is 11.8 Å². The topological polar surface area (TPSA) is 46.5 Å². The van der Waals surface area contributed by atoms with Crippen LogP contribution in [-0.4, -0.2) is 22.3 Å². The zero-order valence-corrected chi connectivity index (χ0v) is 13.7. The average molecular weight is 282 g/mol. The Hall–Kier alpha value is -0.570. The van der Waals surface area contributed by atoms with Gasteiger partial charge in [0.05, 0.1) is 5.60 Å². The van der Waals surface area contributed by atoms with Crippen molar-refractivity contribution in [2.75, 3.05) is 0 Å². The Morgan fingerprint density at radius 2 is 1.90 bits per heavy atom. The Morgan fingerprint density at radius 3 is 2.45 bits per heavy atom. The lowest BCUT2D eigenvalue weighted by atomic mass is 9.52. The fourth-order valence-corrected chi connectivity index (χ4v) is 4.76. The van der Waals surface area contributed by atoms with Crippen molar-refractivity contribution in [2.45, 2.75) is 84.3 Å². The van der Waals surface area contributed by atoms with E-state index in [1.165, 1.54) is 13.3 Å². The van der Waals surface area contributed by atoms with Gasteiger partial charge in [-0.1, -0.05) is 6.92 Å².